The van der Waals surface area contributed by atoms with Gasteiger partial charge in [0.1, 0.15) is 0 Å². The van der Waals surface area contributed by atoms with Crippen molar-refractivity contribution in [2.75, 3.05) is 0 Å². The summed E-state index contributed by atoms with van der Waals surface area (Å²) in [6, 6.07) is 18.7. The minimum absolute atomic E-state index is 0.192. The van der Waals surface area contributed by atoms with Crippen LogP contribution in [0.15, 0.2) is 60.8 Å². The summed E-state index contributed by atoms with van der Waals surface area (Å²) in [6.07, 6.45) is 2.42. The summed E-state index contributed by atoms with van der Waals surface area (Å²) in [7, 11) is 0. The molecule has 0 aliphatic carbocycles. The number of para-hydroxylation sites is 1. The zero-order chi connectivity index (χ0) is 16.3. The van der Waals surface area contributed by atoms with Crippen LogP contribution in [0.5, 0.6) is 0 Å². The molecular formula is C18H19N3OSe. The summed E-state index contributed by atoms with van der Waals surface area (Å²) >= 11 is 0.192. The molecule has 1 unspecified atom stereocenters. The van der Waals surface area contributed by atoms with E-state index in [2.05, 4.69) is 40.6 Å². The molecule has 1 atom stereocenters. The molecule has 0 aliphatic heterocycles. The molecular weight excluding hydrogens is 353 g/mol. The third-order valence-corrected chi connectivity index (χ3v) is 6.07. The summed E-state index contributed by atoms with van der Waals surface area (Å²) < 4.78 is 4.31. The molecule has 1 aromatic heterocycles. The molecule has 2 aromatic carbocycles. The fraction of sp³-hybridized carbons (Fsp3) is 0.222. The summed E-state index contributed by atoms with van der Waals surface area (Å²) in [5.74, 6) is 0. The second kappa shape index (κ2) is 6.67. The predicted molar refractivity (Wildman–Crippen MR) is 92.7 cm³/mol. The van der Waals surface area contributed by atoms with Gasteiger partial charge in [-0.05, 0) is 0 Å². The van der Waals surface area contributed by atoms with Crippen molar-refractivity contribution < 1.29 is 5.11 Å². The van der Waals surface area contributed by atoms with Crippen LogP contribution in [0.2, 0.25) is 0 Å². The number of benzene rings is 2. The van der Waals surface area contributed by atoms with Gasteiger partial charge in [0.15, 0.2) is 0 Å². The van der Waals surface area contributed by atoms with Gasteiger partial charge in [0.2, 0.25) is 0 Å². The van der Waals surface area contributed by atoms with Gasteiger partial charge in [0.25, 0.3) is 0 Å². The number of aliphatic hydroxyl groups is 1. The van der Waals surface area contributed by atoms with Crippen LogP contribution in [0, 0.1) is 0 Å². The van der Waals surface area contributed by atoms with Gasteiger partial charge in [-0.15, -0.1) is 0 Å². The SMILES string of the molecule is CCC(C)(O)c1cn(-c2ccccc2[Se]c2ccccc2)nn1. The molecule has 3 aromatic rings. The first kappa shape index (κ1) is 15.9. The van der Waals surface area contributed by atoms with Crippen LogP contribution < -0.4 is 8.92 Å². The molecule has 0 spiro atoms. The third kappa shape index (κ3) is 3.53. The first-order valence-electron chi connectivity index (χ1n) is 7.57. The Balaban J connectivity index is 1.95. The Bertz CT molecular complexity index is 784. The Morgan fingerprint density at radius 2 is 1.78 bits per heavy atom. The van der Waals surface area contributed by atoms with Crippen LogP contribution in [0.3, 0.4) is 0 Å². The van der Waals surface area contributed by atoms with E-state index in [-0.39, 0.29) is 15.0 Å². The zero-order valence-electron chi connectivity index (χ0n) is 13.2. The number of hydrogen-bond acceptors (Lipinski definition) is 3. The standard InChI is InChI=1S/C18H19N3OSe/c1-3-18(2,22)17-13-21(20-19-17)15-11-7-8-12-16(15)23-14-9-5-4-6-10-14/h4-13,22H,3H2,1-2H3. The summed E-state index contributed by atoms with van der Waals surface area (Å²) in [6.45, 7) is 3.70. The maximum absolute atomic E-state index is 10.3. The predicted octanol–water partition coefficient (Wildman–Crippen LogP) is 1.54. The zero-order valence-corrected chi connectivity index (χ0v) is 14.9. The Morgan fingerprint density at radius 1 is 1.09 bits per heavy atom. The number of aromatic nitrogens is 3. The Kier molecular flexibility index (Phi) is 4.62. The first-order chi connectivity index (χ1) is 11.1. The van der Waals surface area contributed by atoms with Gasteiger partial charge in [0, 0.05) is 0 Å². The van der Waals surface area contributed by atoms with Crippen molar-refractivity contribution in [3.63, 3.8) is 0 Å². The van der Waals surface area contributed by atoms with E-state index in [0.29, 0.717) is 12.1 Å². The molecule has 23 heavy (non-hydrogen) atoms. The number of rotatable bonds is 5. The average molecular weight is 372 g/mol. The van der Waals surface area contributed by atoms with Crippen molar-refractivity contribution in [2.24, 2.45) is 0 Å². The molecule has 0 amide bonds. The van der Waals surface area contributed by atoms with Crippen molar-refractivity contribution >= 4 is 23.9 Å². The van der Waals surface area contributed by atoms with Crippen LogP contribution in [-0.4, -0.2) is 35.1 Å². The number of hydrogen-bond donors (Lipinski definition) is 1. The van der Waals surface area contributed by atoms with Gasteiger partial charge < -0.3 is 0 Å². The maximum atomic E-state index is 10.3. The molecule has 0 fully saturated rings. The van der Waals surface area contributed by atoms with Gasteiger partial charge in [-0.25, -0.2) is 0 Å². The van der Waals surface area contributed by atoms with Crippen LogP contribution >= 0.6 is 0 Å². The summed E-state index contributed by atoms with van der Waals surface area (Å²) in [4.78, 5) is 0. The Hall–Kier alpha value is -1.94. The van der Waals surface area contributed by atoms with Gasteiger partial charge in [-0.2, -0.15) is 0 Å². The molecule has 0 aliphatic rings. The van der Waals surface area contributed by atoms with Crippen LogP contribution in [0.25, 0.3) is 5.69 Å². The van der Waals surface area contributed by atoms with Crippen molar-refractivity contribution in [3.8, 4) is 5.69 Å². The van der Waals surface area contributed by atoms with Gasteiger partial charge >= 0.3 is 142 Å². The molecule has 0 saturated carbocycles. The van der Waals surface area contributed by atoms with Crippen molar-refractivity contribution in [3.05, 3.63) is 66.5 Å². The van der Waals surface area contributed by atoms with E-state index in [0.717, 1.165) is 5.69 Å². The Morgan fingerprint density at radius 3 is 2.52 bits per heavy atom. The van der Waals surface area contributed by atoms with Gasteiger partial charge in [-0.3, -0.25) is 0 Å². The van der Waals surface area contributed by atoms with Gasteiger partial charge in [0.05, 0.1) is 0 Å². The normalized spacial score (nSPS) is 13.7. The number of nitrogens with zero attached hydrogens (tertiary/aromatic N) is 3. The van der Waals surface area contributed by atoms with Gasteiger partial charge in [-0.1, -0.05) is 0 Å². The molecule has 118 valence electrons. The third-order valence-electron chi connectivity index (χ3n) is 3.82. The molecule has 5 heteroatoms. The van der Waals surface area contributed by atoms with Crippen molar-refractivity contribution in [2.45, 2.75) is 25.9 Å². The topological polar surface area (TPSA) is 50.9 Å². The molecule has 1 heterocycles. The van der Waals surface area contributed by atoms with E-state index in [4.69, 9.17) is 0 Å². The monoisotopic (exact) mass is 373 g/mol. The average Bonchev–Trinajstić information content (AvgIpc) is 3.07. The molecule has 0 bridgehead atoms. The molecule has 0 radical (unpaired) electrons. The Labute approximate surface area is 142 Å². The van der Waals surface area contributed by atoms with E-state index < -0.39 is 5.60 Å². The molecule has 0 saturated heterocycles. The fourth-order valence-corrected chi connectivity index (χ4v) is 4.17. The quantitative estimate of drug-likeness (QED) is 0.692. The molecule has 4 nitrogen and oxygen atoms in total. The van der Waals surface area contributed by atoms with E-state index in [9.17, 15) is 5.11 Å². The molecule has 1 N–H and O–H groups in total. The van der Waals surface area contributed by atoms with Crippen LogP contribution in [0.1, 0.15) is 26.0 Å². The summed E-state index contributed by atoms with van der Waals surface area (Å²) in [5, 5.41) is 18.7. The van der Waals surface area contributed by atoms with E-state index in [1.807, 2.05) is 37.4 Å². The van der Waals surface area contributed by atoms with Crippen LogP contribution in [-0.2, 0) is 5.60 Å². The van der Waals surface area contributed by atoms with E-state index in [1.165, 1.54) is 8.92 Å². The van der Waals surface area contributed by atoms with E-state index in [1.54, 1.807) is 11.6 Å². The molecule has 3 rings (SSSR count). The second-order valence-corrected chi connectivity index (χ2v) is 7.90. The second-order valence-electron chi connectivity index (χ2n) is 5.56. The first-order valence-corrected chi connectivity index (χ1v) is 9.29. The van der Waals surface area contributed by atoms with Crippen LogP contribution in [0.4, 0.5) is 0 Å². The summed E-state index contributed by atoms with van der Waals surface area (Å²) in [5.41, 5.74) is 0.668. The van der Waals surface area contributed by atoms with Crippen molar-refractivity contribution in [1.82, 2.24) is 15.0 Å². The minimum atomic E-state index is -0.947. The fourth-order valence-electron chi connectivity index (χ4n) is 2.16. The van der Waals surface area contributed by atoms with E-state index >= 15 is 0 Å². The van der Waals surface area contributed by atoms with Crippen molar-refractivity contribution in [1.29, 1.82) is 0 Å².